The third-order valence-corrected chi connectivity index (χ3v) is 4.00. The van der Waals surface area contributed by atoms with E-state index in [0.29, 0.717) is 30.0 Å². The lowest BCUT2D eigenvalue weighted by Crippen LogP contribution is -2.40. The summed E-state index contributed by atoms with van der Waals surface area (Å²) in [7, 11) is 1.58. The van der Waals surface area contributed by atoms with Crippen LogP contribution in [0.5, 0.6) is 5.75 Å². The molecular formula is C18H22N4O4. The molecule has 1 aromatic heterocycles. The Bertz CT molecular complexity index is 849. The van der Waals surface area contributed by atoms with Crippen LogP contribution in [0.15, 0.2) is 24.3 Å². The lowest BCUT2D eigenvalue weighted by Gasteiger charge is -2.28. The van der Waals surface area contributed by atoms with Gasteiger partial charge in [0.25, 0.3) is 5.91 Å². The highest BCUT2D eigenvalue weighted by molar-refractivity contribution is 6.09. The second kappa shape index (κ2) is 6.36. The molecule has 1 aliphatic heterocycles. The summed E-state index contributed by atoms with van der Waals surface area (Å²) in [6.45, 7) is 5.68. The van der Waals surface area contributed by atoms with Crippen LogP contribution in [0.25, 0.3) is 0 Å². The van der Waals surface area contributed by atoms with Crippen LogP contribution in [-0.2, 0) is 11.2 Å². The van der Waals surface area contributed by atoms with E-state index in [-0.39, 0.29) is 17.4 Å². The predicted octanol–water partition coefficient (Wildman–Crippen LogP) is 2.46. The molecule has 0 radical (unpaired) electrons. The van der Waals surface area contributed by atoms with Gasteiger partial charge in [-0.3, -0.25) is 4.79 Å². The molecule has 2 aromatic rings. The van der Waals surface area contributed by atoms with Gasteiger partial charge in [-0.05, 0) is 51.5 Å². The Morgan fingerprint density at radius 2 is 1.88 bits per heavy atom. The maximum absolute atomic E-state index is 13.0. The van der Waals surface area contributed by atoms with E-state index in [2.05, 4.69) is 5.10 Å². The molecule has 2 heterocycles. The van der Waals surface area contributed by atoms with Crippen LogP contribution in [0, 0.1) is 0 Å². The normalized spacial score (nSPS) is 14.2. The summed E-state index contributed by atoms with van der Waals surface area (Å²) in [6.07, 6.45) is -0.225. The molecule has 0 bridgehead atoms. The molecule has 8 nitrogen and oxygen atoms in total. The van der Waals surface area contributed by atoms with E-state index < -0.39 is 11.7 Å². The standard InChI is InChI=1S/C18H22N4O4/c1-18(2,3)26-17(24)22-14-13(15(19)20-22)9-10-21(16(14)23)11-5-7-12(25-4)8-6-11/h5-8H,9-10H2,1-4H3,(H2,19,20). The Morgan fingerprint density at radius 3 is 2.46 bits per heavy atom. The Labute approximate surface area is 151 Å². The fourth-order valence-electron chi connectivity index (χ4n) is 2.83. The second-order valence-electron chi connectivity index (χ2n) is 7.01. The Balaban J connectivity index is 1.97. The number of nitrogens with zero attached hydrogens (tertiary/aromatic N) is 3. The number of hydrogen-bond donors (Lipinski definition) is 1. The number of ether oxygens (including phenoxy) is 2. The second-order valence-corrected chi connectivity index (χ2v) is 7.01. The highest BCUT2D eigenvalue weighted by atomic mass is 16.6. The van der Waals surface area contributed by atoms with Gasteiger partial charge in [0.15, 0.2) is 0 Å². The number of nitrogen functional groups attached to an aromatic ring is 1. The van der Waals surface area contributed by atoms with Crippen molar-refractivity contribution in [2.24, 2.45) is 0 Å². The number of anilines is 2. The molecule has 8 heteroatoms. The van der Waals surface area contributed by atoms with E-state index in [0.717, 1.165) is 4.68 Å². The van der Waals surface area contributed by atoms with Gasteiger partial charge in [-0.25, -0.2) is 4.79 Å². The van der Waals surface area contributed by atoms with Crippen molar-refractivity contribution in [3.63, 3.8) is 0 Å². The van der Waals surface area contributed by atoms with E-state index in [4.69, 9.17) is 15.2 Å². The van der Waals surface area contributed by atoms with Crippen LogP contribution in [0.3, 0.4) is 0 Å². The topological polar surface area (TPSA) is 99.7 Å². The monoisotopic (exact) mass is 358 g/mol. The lowest BCUT2D eigenvalue weighted by atomic mass is 10.1. The average Bonchev–Trinajstić information content (AvgIpc) is 2.92. The maximum Gasteiger partial charge on any atom is 0.436 e. The summed E-state index contributed by atoms with van der Waals surface area (Å²) in [5.74, 6) is 0.530. The molecule has 0 aliphatic carbocycles. The predicted molar refractivity (Wildman–Crippen MR) is 96.6 cm³/mol. The Kier molecular flexibility index (Phi) is 4.35. The minimum absolute atomic E-state index is 0.152. The van der Waals surface area contributed by atoms with Crippen molar-refractivity contribution in [3.05, 3.63) is 35.5 Å². The average molecular weight is 358 g/mol. The summed E-state index contributed by atoms with van der Waals surface area (Å²) in [4.78, 5) is 27.1. The number of carbonyl (C=O) groups is 2. The van der Waals surface area contributed by atoms with E-state index in [1.807, 2.05) is 0 Å². The van der Waals surface area contributed by atoms with Crippen molar-refractivity contribution in [1.82, 2.24) is 9.78 Å². The zero-order valence-electron chi connectivity index (χ0n) is 15.3. The van der Waals surface area contributed by atoms with Gasteiger partial charge >= 0.3 is 6.09 Å². The van der Waals surface area contributed by atoms with E-state index >= 15 is 0 Å². The number of carbonyl (C=O) groups excluding carboxylic acids is 2. The van der Waals surface area contributed by atoms with Gasteiger partial charge in [0, 0.05) is 17.8 Å². The van der Waals surface area contributed by atoms with Crippen LogP contribution in [-0.4, -0.2) is 41.0 Å². The van der Waals surface area contributed by atoms with Crippen molar-refractivity contribution in [2.45, 2.75) is 32.8 Å². The number of aromatic nitrogens is 2. The van der Waals surface area contributed by atoms with Gasteiger partial charge in [0.1, 0.15) is 22.9 Å². The summed E-state index contributed by atoms with van der Waals surface area (Å²) >= 11 is 0. The van der Waals surface area contributed by atoms with Crippen molar-refractivity contribution in [2.75, 3.05) is 24.3 Å². The molecule has 138 valence electrons. The molecule has 0 saturated carbocycles. The van der Waals surface area contributed by atoms with Gasteiger partial charge in [0.05, 0.1) is 7.11 Å². The smallest absolute Gasteiger partial charge is 0.436 e. The molecule has 0 fully saturated rings. The highest BCUT2D eigenvalue weighted by Gasteiger charge is 2.35. The number of nitrogens with two attached hydrogens (primary N) is 1. The Morgan fingerprint density at radius 1 is 1.23 bits per heavy atom. The fourth-order valence-corrected chi connectivity index (χ4v) is 2.83. The molecule has 0 saturated heterocycles. The van der Waals surface area contributed by atoms with Gasteiger partial charge in [0.2, 0.25) is 0 Å². The van der Waals surface area contributed by atoms with Crippen LogP contribution in [0.4, 0.5) is 16.3 Å². The van der Waals surface area contributed by atoms with Crippen LogP contribution >= 0.6 is 0 Å². The number of benzene rings is 1. The minimum atomic E-state index is -0.726. The summed E-state index contributed by atoms with van der Waals surface area (Å²) in [5.41, 5.74) is 6.64. The first kappa shape index (κ1) is 17.8. The van der Waals surface area contributed by atoms with E-state index in [9.17, 15) is 9.59 Å². The molecule has 0 atom stereocenters. The van der Waals surface area contributed by atoms with Gasteiger partial charge in [-0.2, -0.15) is 4.68 Å². The van der Waals surface area contributed by atoms with E-state index in [1.54, 1.807) is 57.0 Å². The first-order chi connectivity index (χ1) is 12.2. The van der Waals surface area contributed by atoms with Crippen LogP contribution in [0.2, 0.25) is 0 Å². The number of rotatable bonds is 2. The number of methoxy groups -OCH3 is 1. The molecule has 3 rings (SSSR count). The first-order valence-electron chi connectivity index (χ1n) is 8.28. The quantitative estimate of drug-likeness (QED) is 0.885. The third kappa shape index (κ3) is 3.22. The third-order valence-electron chi connectivity index (χ3n) is 4.00. The van der Waals surface area contributed by atoms with Crippen LogP contribution < -0.4 is 15.4 Å². The van der Waals surface area contributed by atoms with Gasteiger partial charge in [-0.1, -0.05) is 0 Å². The molecular weight excluding hydrogens is 336 g/mol. The van der Waals surface area contributed by atoms with Crippen molar-refractivity contribution < 1.29 is 19.1 Å². The van der Waals surface area contributed by atoms with Gasteiger partial charge < -0.3 is 20.1 Å². The summed E-state index contributed by atoms with van der Waals surface area (Å²) in [5, 5.41) is 4.03. The van der Waals surface area contributed by atoms with Crippen molar-refractivity contribution in [3.8, 4) is 5.75 Å². The maximum atomic E-state index is 13.0. The fraction of sp³-hybridized carbons (Fsp3) is 0.389. The van der Waals surface area contributed by atoms with Crippen molar-refractivity contribution in [1.29, 1.82) is 0 Å². The SMILES string of the molecule is COc1ccc(N2CCc3c(N)nn(C(=O)OC(C)(C)C)c3C2=O)cc1. The van der Waals surface area contributed by atoms with E-state index in [1.165, 1.54) is 0 Å². The molecule has 2 N–H and O–H groups in total. The molecule has 1 aliphatic rings. The van der Waals surface area contributed by atoms with Gasteiger partial charge in [-0.15, -0.1) is 5.10 Å². The number of amides is 1. The molecule has 0 spiro atoms. The highest BCUT2D eigenvalue weighted by Crippen LogP contribution is 2.29. The zero-order valence-corrected chi connectivity index (χ0v) is 15.3. The molecule has 26 heavy (non-hydrogen) atoms. The lowest BCUT2D eigenvalue weighted by molar-refractivity contribution is 0.0504. The van der Waals surface area contributed by atoms with Crippen molar-refractivity contribution >= 4 is 23.5 Å². The Hall–Kier alpha value is -3.03. The summed E-state index contributed by atoms with van der Waals surface area (Å²) < 4.78 is 11.5. The van der Waals surface area contributed by atoms with Crippen LogP contribution in [0.1, 0.15) is 36.8 Å². The summed E-state index contributed by atoms with van der Waals surface area (Å²) in [6, 6.07) is 7.13. The zero-order chi connectivity index (χ0) is 19.1. The number of fused-ring (bicyclic) bond motifs is 1. The molecule has 1 amide bonds. The molecule has 1 aromatic carbocycles. The minimum Gasteiger partial charge on any atom is -0.497 e. The largest absolute Gasteiger partial charge is 0.497 e. The molecule has 0 unspecified atom stereocenters. The first-order valence-corrected chi connectivity index (χ1v) is 8.28. The number of hydrogen-bond acceptors (Lipinski definition) is 6.